The van der Waals surface area contributed by atoms with E-state index in [1.807, 2.05) is 18.0 Å². The van der Waals surface area contributed by atoms with Gasteiger partial charge in [-0.25, -0.2) is 0 Å². The van der Waals surface area contributed by atoms with Gasteiger partial charge < -0.3 is 10.5 Å². The zero-order chi connectivity index (χ0) is 12.8. The molecule has 1 aromatic carbocycles. The lowest BCUT2D eigenvalue weighted by Gasteiger charge is -2.17. The minimum absolute atomic E-state index is 0.219. The number of likely N-dealkylation sites (N-methyl/N-ethyl adjacent to an activating group) is 1. The van der Waals surface area contributed by atoms with Gasteiger partial charge in [-0.05, 0) is 30.7 Å². The van der Waals surface area contributed by atoms with Crippen LogP contribution in [0.3, 0.4) is 0 Å². The highest BCUT2D eigenvalue weighted by molar-refractivity contribution is 5.71. The molecule has 0 atom stereocenters. The lowest BCUT2D eigenvalue weighted by atomic mass is 10.0. The van der Waals surface area contributed by atoms with Gasteiger partial charge in [0, 0.05) is 13.1 Å². The van der Waals surface area contributed by atoms with Crippen LogP contribution in [-0.2, 0) is 22.6 Å². The number of carbonyl (C=O) groups excluding carboxylic acids is 1. The van der Waals surface area contributed by atoms with Crippen LogP contribution in [0, 0.1) is 6.92 Å². The highest BCUT2D eigenvalue weighted by atomic mass is 16.5. The molecule has 0 fully saturated rings. The zero-order valence-corrected chi connectivity index (χ0v) is 10.7. The summed E-state index contributed by atoms with van der Waals surface area (Å²) in [6, 6.07) is 6.17. The van der Waals surface area contributed by atoms with E-state index in [9.17, 15) is 4.79 Å². The molecule has 0 heterocycles. The van der Waals surface area contributed by atoms with E-state index in [-0.39, 0.29) is 5.97 Å². The van der Waals surface area contributed by atoms with Gasteiger partial charge in [0.2, 0.25) is 0 Å². The van der Waals surface area contributed by atoms with E-state index in [0.29, 0.717) is 13.1 Å². The molecule has 0 spiro atoms. The zero-order valence-electron chi connectivity index (χ0n) is 10.7. The Kier molecular flexibility index (Phi) is 5.12. The fourth-order valence-electron chi connectivity index (χ4n) is 1.69. The normalized spacial score (nSPS) is 10.6. The summed E-state index contributed by atoms with van der Waals surface area (Å²) in [5.41, 5.74) is 9.11. The van der Waals surface area contributed by atoms with Gasteiger partial charge in [0.1, 0.15) is 0 Å². The lowest BCUT2D eigenvalue weighted by Crippen LogP contribution is -2.26. The van der Waals surface area contributed by atoms with E-state index in [4.69, 9.17) is 5.73 Å². The summed E-state index contributed by atoms with van der Waals surface area (Å²) in [5.74, 6) is -0.219. The van der Waals surface area contributed by atoms with Crippen molar-refractivity contribution >= 4 is 5.97 Å². The molecule has 0 aliphatic heterocycles. The van der Waals surface area contributed by atoms with Crippen LogP contribution in [0.15, 0.2) is 18.2 Å². The molecule has 4 heteroatoms. The molecular formula is C13H20N2O2. The standard InChI is InChI=1S/C13H20N2O2/c1-10-6-11(7-14)4-5-12(10)8-15(2)9-13(16)17-3/h4-6H,7-9,14H2,1-3H3. The van der Waals surface area contributed by atoms with Crippen molar-refractivity contribution < 1.29 is 9.53 Å². The molecule has 1 aromatic rings. The Labute approximate surface area is 102 Å². The third-order valence-electron chi connectivity index (χ3n) is 2.71. The van der Waals surface area contributed by atoms with Gasteiger partial charge in [0.05, 0.1) is 13.7 Å². The molecule has 0 radical (unpaired) electrons. The first-order valence-electron chi connectivity index (χ1n) is 5.60. The predicted molar refractivity (Wildman–Crippen MR) is 67.4 cm³/mol. The van der Waals surface area contributed by atoms with Crippen molar-refractivity contribution in [3.05, 3.63) is 34.9 Å². The fraction of sp³-hybridized carbons (Fsp3) is 0.462. The van der Waals surface area contributed by atoms with Crippen molar-refractivity contribution in [3.8, 4) is 0 Å². The Morgan fingerprint density at radius 2 is 2.18 bits per heavy atom. The minimum Gasteiger partial charge on any atom is -0.468 e. The fourth-order valence-corrected chi connectivity index (χ4v) is 1.69. The highest BCUT2D eigenvalue weighted by Gasteiger charge is 2.08. The SMILES string of the molecule is COC(=O)CN(C)Cc1ccc(CN)cc1C. The van der Waals surface area contributed by atoms with Crippen molar-refractivity contribution in [1.29, 1.82) is 0 Å². The Bertz CT molecular complexity index is 391. The second-order valence-corrected chi connectivity index (χ2v) is 4.21. The molecule has 0 unspecified atom stereocenters. The molecule has 0 aliphatic carbocycles. The van der Waals surface area contributed by atoms with E-state index < -0.39 is 0 Å². The smallest absolute Gasteiger partial charge is 0.319 e. The second-order valence-electron chi connectivity index (χ2n) is 4.21. The van der Waals surface area contributed by atoms with E-state index in [1.165, 1.54) is 18.2 Å². The molecule has 94 valence electrons. The van der Waals surface area contributed by atoms with E-state index in [2.05, 4.69) is 23.8 Å². The van der Waals surface area contributed by atoms with E-state index in [0.717, 1.165) is 12.1 Å². The average molecular weight is 236 g/mol. The number of hydrogen-bond acceptors (Lipinski definition) is 4. The average Bonchev–Trinajstić information content (AvgIpc) is 2.31. The highest BCUT2D eigenvalue weighted by Crippen LogP contribution is 2.12. The van der Waals surface area contributed by atoms with Crippen molar-refractivity contribution in [2.75, 3.05) is 20.7 Å². The number of methoxy groups -OCH3 is 1. The van der Waals surface area contributed by atoms with Crippen LogP contribution in [0.1, 0.15) is 16.7 Å². The van der Waals surface area contributed by atoms with Gasteiger partial charge in [-0.2, -0.15) is 0 Å². The molecule has 0 saturated heterocycles. The molecule has 0 bridgehead atoms. The number of rotatable bonds is 5. The molecule has 0 aromatic heterocycles. The van der Waals surface area contributed by atoms with Crippen LogP contribution in [0.25, 0.3) is 0 Å². The van der Waals surface area contributed by atoms with Crippen LogP contribution in [0.5, 0.6) is 0 Å². The van der Waals surface area contributed by atoms with E-state index in [1.54, 1.807) is 0 Å². The van der Waals surface area contributed by atoms with Crippen molar-refractivity contribution in [2.24, 2.45) is 5.73 Å². The summed E-state index contributed by atoms with van der Waals surface area (Å²) in [4.78, 5) is 13.0. The first kappa shape index (κ1) is 13.7. The van der Waals surface area contributed by atoms with Crippen molar-refractivity contribution in [1.82, 2.24) is 4.90 Å². The van der Waals surface area contributed by atoms with Crippen LogP contribution < -0.4 is 5.73 Å². The van der Waals surface area contributed by atoms with Gasteiger partial charge >= 0.3 is 5.97 Å². The minimum atomic E-state index is -0.219. The maximum Gasteiger partial charge on any atom is 0.319 e. The maximum absolute atomic E-state index is 11.1. The number of nitrogens with zero attached hydrogens (tertiary/aromatic N) is 1. The number of hydrogen-bond donors (Lipinski definition) is 1. The van der Waals surface area contributed by atoms with Gasteiger partial charge in [-0.15, -0.1) is 0 Å². The summed E-state index contributed by atoms with van der Waals surface area (Å²) in [6.07, 6.45) is 0. The number of benzene rings is 1. The first-order valence-corrected chi connectivity index (χ1v) is 5.60. The number of nitrogens with two attached hydrogens (primary N) is 1. The summed E-state index contributed by atoms with van der Waals surface area (Å²) < 4.78 is 4.63. The predicted octanol–water partition coefficient (Wildman–Crippen LogP) is 1.06. The molecule has 0 aliphatic rings. The number of aryl methyl sites for hydroxylation is 1. The van der Waals surface area contributed by atoms with Crippen LogP contribution in [0.2, 0.25) is 0 Å². The molecule has 0 amide bonds. The summed E-state index contributed by atoms with van der Waals surface area (Å²) in [7, 11) is 3.30. The first-order chi connectivity index (χ1) is 8.06. The Balaban J connectivity index is 2.65. The summed E-state index contributed by atoms with van der Waals surface area (Å²) in [6.45, 7) is 3.64. The lowest BCUT2D eigenvalue weighted by molar-refractivity contribution is -0.141. The number of carbonyl (C=O) groups is 1. The van der Waals surface area contributed by atoms with Crippen LogP contribution in [-0.4, -0.2) is 31.6 Å². The Morgan fingerprint density at radius 1 is 1.47 bits per heavy atom. The second kappa shape index (κ2) is 6.37. The van der Waals surface area contributed by atoms with Crippen LogP contribution >= 0.6 is 0 Å². The Hall–Kier alpha value is -1.39. The Morgan fingerprint density at radius 3 is 2.71 bits per heavy atom. The molecule has 2 N–H and O–H groups in total. The molecule has 0 saturated carbocycles. The molecule has 1 rings (SSSR count). The van der Waals surface area contributed by atoms with Gasteiger partial charge in [-0.3, -0.25) is 9.69 Å². The van der Waals surface area contributed by atoms with Crippen molar-refractivity contribution in [2.45, 2.75) is 20.0 Å². The third kappa shape index (κ3) is 4.17. The van der Waals surface area contributed by atoms with Gasteiger partial charge in [0.15, 0.2) is 0 Å². The topological polar surface area (TPSA) is 55.6 Å². The third-order valence-corrected chi connectivity index (χ3v) is 2.71. The molecular weight excluding hydrogens is 216 g/mol. The number of ether oxygens (including phenoxy) is 1. The quantitative estimate of drug-likeness (QED) is 0.777. The monoisotopic (exact) mass is 236 g/mol. The maximum atomic E-state index is 11.1. The van der Waals surface area contributed by atoms with Gasteiger partial charge in [-0.1, -0.05) is 18.2 Å². The van der Waals surface area contributed by atoms with Crippen molar-refractivity contribution in [3.63, 3.8) is 0 Å². The summed E-state index contributed by atoms with van der Waals surface area (Å²) >= 11 is 0. The van der Waals surface area contributed by atoms with E-state index >= 15 is 0 Å². The van der Waals surface area contributed by atoms with Gasteiger partial charge in [0.25, 0.3) is 0 Å². The number of esters is 1. The molecule has 17 heavy (non-hydrogen) atoms. The molecule has 4 nitrogen and oxygen atoms in total. The largest absolute Gasteiger partial charge is 0.468 e. The van der Waals surface area contributed by atoms with Crippen LogP contribution in [0.4, 0.5) is 0 Å². The summed E-state index contributed by atoms with van der Waals surface area (Å²) in [5, 5.41) is 0.